The van der Waals surface area contributed by atoms with E-state index in [4.69, 9.17) is 4.74 Å². The molecule has 27 heavy (non-hydrogen) atoms. The molecule has 0 unspecified atom stereocenters. The van der Waals surface area contributed by atoms with Crippen LogP contribution in [0.2, 0.25) is 0 Å². The molecule has 0 bridgehead atoms. The van der Waals surface area contributed by atoms with E-state index in [1.165, 1.54) is 4.31 Å². The number of ether oxygens (including phenoxy) is 1. The van der Waals surface area contributed by atoms with Gasteiger partial charge >= 0.3 is 0 Å². The Morgan fingerprint density at radius 1 is 1.04 bits per heavy atom. The lowest BCUT2D eigenvalue weighted by Gasteiger charge is -2.30. The van der Waals surface area contributed by atoms with Gasteiger partial charge in [-0.2, -0.15) is 4.31 Å². The van der Waals surface area contributed by atoms with E-state index >= 15 is 0 Å². The number of hydrogen-bond acceptors (Lipinski definition) is 4. The second kappa shape index (κ2) is 7.19. The largest absolute Gasteiger partial charge is 0.359 e. The highest BCUT2D eigenvalue weighted by atomic mass is 32.2. The Kier molecular flexibility index (Phi) is 4.88. The van der Waals surface area contributed by atoms with Crippen molar-refractivity contribution in [2.75, 3.05) is 6.61 Å². The quantitative estimate of drug-likeness (QED) is 0.809. The fourth-order valence-corrected chi connectivity index (χ4v) is 5.73. The molecule has 0 spiro atoms. The molecule has 1 heterocycles. The fourth-order valence-electron chi connectivity index (χ4n) is 4.01. The maximum atomic E-state index is 13.5. The summed E-state index contributed by atoms with van der Waals surface area (Å²) in [5, 5.41) is 0. The highest BCUT2D eigenvalue weighted by Crippen LogP contribution is 2.41. The third-order valence-electron chi connectivity index (χ3n) is 5.46. The molecule has 1 saturated carbocycles. The summed E-state index contributed by atoms with van der Waals surface area (Å²) in [6.45, 7) is 2.17. The Labute approximate surface area is 160 Å². The number of hydrogen-bond donors (Lipinski definition) is 0. The summed E-state index contributed by atoms with van der Waals surface area (Å²) in [4.78, 5) is 12.6. The standard InChI is InChI=1S/C21H23NO4S/c1-15-10-12-17(13-11-15)27(24,25)22-19(16-6-3-2-4-7-16)14-26-21(22)18-8-5-9-20(18)23/h2-4,6-7,10-13,18-19,21H,5,8-9,14H2,1H3/t18-,19+,21+/m0/s1. The van der Waals surface area contributed by atoms with Crippen molar-refractivity contribution in [3.63, 3.8) is 0 Å². The first-order valence-corrected chi connectivity index (χ1v) is 10.7. The van der Waals surface area contributed by atoms with Crippen LogP contribution in [0.3, 0.4) is 0 Å². The molecule has 142 valence electrons. The van der Waals surface area contributed by atoms with E-state index in [1.807, 2.05) is 37.3 Å². The van der Waals surface area contributed by atoms with Crippen molar-refractivity contribution in [2.24, 2.45) is 5.92 Å². The molecule has 3 atom stereocenters. The van der Waals surface area contributed by atoms with E-state index in [2.05, 4.69) is 0 Å². The van der Waals surface area contributed by atoms with Gasteiger partial charge in [0.25, 0.3) is 0 Å². The van der Waals surface area contributed by atoms with E-state index in [-0.39, 0.29) is 23.2 Å². The van der Waals surface area contributed by atoms with Crippen LogP contribution in [-0.4, -0.2) is 31.3 Å². The Morgan fingerprint density at radius 2 is 1.74 bits per heavy atom. The minimum absolute atomic E-state index is 0.0952. The lowest BCUT2D eigenvalue weighted by molar-refractivity contribution is -0.125. The lowest BCUT2D eigenvalue weighted by Crippen LogP contribution is -2.43. The second-order valence-electron chi connectivity index (χ2n) is 7.26. The number of nitrogens with zero attached hydrogens (tertiary/aromatic N) is 1. The van der Waals surface area contributed by atoms with Crippen molar-refractivity contribution in [1.82, 2.24) is 4.31 Å². The van der Waals surface area contributed by atoms with Crippen LogP contribution in [0, 0.1) is 12.8 Å². The van der Waals surface area contributed by atoms with Gasteiger partial charge in [0, 0.05) is 6.42 Å². The first-order chi connectivity index (χ1) is 13.0. The number of rotatable bonds is 4. The molecule has 0 N–H and O–H groups in total. The van der Waals surface area contributed by atoms with Crippen molar-refractivity contribution in [2.45, 2.75) is 43.4 Å². The van der Waals surface area contributed by atoms with E-state index in [1.54, 1.807) is 24.3 Å². The maximum absolute atomic E-state index is 13.5. The predicted octanol–water partition coefficient (Wildman–Crippen LogP) is 3.45. The Morgan fingerprint density at radius 3 is 2.37 bits per heavy atom. The third kappa shape index (κ3) is 3.33. The van der Waals surface area contributed by atoms with Crippen LogP contribution in [0.15, 0.2) is 59.5 Å². The molecule has 1 saturated heterocycles. The molecule has 6 heteroatoms. The first-order valence-electron chi connectivity index (χ1n) is 9.28. The summed E-state index contributed by atoms with van der Waals surface area (Å²) in [6.07, 6.45) is 1.22. The zero-order valence-electron chi connectivity index (χ0n) is 15.2. The van der Waals surface area contributed by atoms with Crippen LogP contribution in [0.4, 0.5) is 0 Å². The zero-order chi connectivity index (χ0) is 19.0. The number of aryl methyl sites for hydroxylation is 1. The summed E-state index contributed by atoms with van der Waals surface area (Å²) in [5.41, 5.74) is 1.87. The van der Waals surface area contributed by atoms with Gasteiger partial charge in [0.1, 0.15) is 12.0 Å². The highest BCUT2D eigenvalue weighted by molar-refractivity contribution is 7.89. The van der Waals surface area contributed by atoms with Gasteiger partial charge in [0.05, 0.1) is 23.5 Å². The number of benzene rings is 2. The van der Waals surface area contributed by atoms with Crippen molar-refractivity contribution < 1.29 is 17.9 Å². The molecule has 1 aliphatic carbocycles. The SMILES string of the molecule is Cc1ccc(S(=O)(=O)N2[C@@H](c3ccccc3)CO[C@@H]2[C@H]2CCCC2=O)cc1. The predicted molar refractivity (Wildman–Crippen MR) is 101 cm³/mol. The molecule has 4 rings (SSSR count). The summed E-state index contributed by atoms with van der Waals surface area (Å²) in [6, 6.07) is 15.9. The monoisotopic (exact) mass is 385 g/mol. The molecule has 0 aromatic heterocycles. The average Bonchev–Trinajstić information content (AvgIpc) is 3.29. The Bertz CT molecular complexity index is 924. The lowest BCUT2D eigenvalue weighted by atomic mass is 10.0. The Hall–Kier alpha value is -2.02. The molecule has 2 aromatic carbocycles. The molecule has 0 radical (unpaired) electrons. The van der Waals surface area contributed by atoms with Crippen molar-refractivity contribution in [1.29, 1.82) is 0 Å². The van der Waals surface area contributed by atoms with Gasteiger partial charge in [-0.15, -0.1) is 0 Å². The molecule has 5 nitrogen and oxygen atoms in total. The zero-order valence-corrected chi connectivity index (χ0v) is 16.1. The molecule has 0 amide bonds. The third-order valence-corrected chi connectivity index (χ3v) is 7.34. The molecule has 1 aliphatic heterocycles. The summed E-state index contributed by atoms with van der Waals surface area (Å²) in [5.74, 6) is -0.295. The molecule has 2 aromatic rings. The van der Waals surface area contributed by atoms with E-state index in [0.717, 1.165) is 17.5 Å². The summed E-state index contributed by atoms with van der Waals surface area (Å²) in [7, 11) is -3.81. The van der Waals surface area contributed by atoms with E-state index < -0.39 is 22.3 Å². The van der Waals surface area contributed by atoms with Gasteiger partial charge < -0.3 is 4.74 Å². The van der Waals surface area contributed by atoms with Crippen LogP contribution >= 0.6 is 0 Å². The van der Waals surface area contributed by atoms with Gasteiger partial charge in [-0.05, 0) is 37.5 Å². The van der Waals surface area contributed by atoms with Crippen LogP contribution < -0.4 is 0 Å². The number of sulfonamides is 1. The van der Waals surface area contributed by atoms with E-state index in [0.29, 0.717) is 12.8 Å². The van der Waals surface area contributed by atoms with Gasteiger partial charge in [-0.1, -0.05) is 48.0 Å². The van der Waals surface area contributed by atoms with Gasteiger partial charge in [0.2, 0.25) is 10.0 Å². The topological polar surface area (TPSA) is 63.7 Å². The minimum Gasteiger partial charge on any atom is -0.359 e. The maximum Gasteiger partial charge on any atom is 0.245 e. The van der Waals surface area contributed by atoms with Gasteiger partial charge in [-0.3, -0.25) is 4.79 Å². The summed E-state index contributed by atoms with van der Waals surface area (Å²) >= 11 is 0. The van der Waals surface area contributed by atoms with E-state index in [9.17, 15) is 13.2 Å². The van der Waals surface area contributed by atoms with Crippen LogP contribution in [-0.2, 0) is 19.6 Å². The summed E-state index contributed by atoms with van der Waals surface area (Å²) < 4.78 is 34.5. The molecule has 2 aliphatic rings. The molecular weight excluding hydrogens is 362 g/mol. The van der Waals surface area contributed by atoms with Gasteiger partial charge in [0.15, 0.2) is 0 Å². The van der Waals surface area contributed by atoms with Gasteiger partial charge in [-0.25, -0.2) is 8.42 Å². The second-order valence-corrected chi connectivity index (χ2v) is 9.11. The molecular formula is C21H23NO4S. The van der Waals surface area contributed by atoms with Crippen molar-refractivity contribution in [3.8, 4) is 0 Å². The van der Waals surface area contributed by atoms with Crippen LogP contribution in [0.1, 0.15) is 36.4 Å². The van der Waals surface area contributed by atoms with Crippen LogP contribution in [0.5, 0.6) is 0 Å². The molecule has 2 fully saturated rings. The normalized spacial score (nSPS) is 26.6. The minimum atomic E-state index is -3.81. The number of Topliss-reactive ketones (excluding diaryl/α,β-unsaturated/α-hetero) is 1. The van der Waals surface area contributed by atoms with Crippen LogP contribution in [0.25, 0.3) is 0 Å². The number of carbonyl (C=O) groups excluding carboxylic acids is 1. The average molecular weight is 385 g/mol. The Balaban J connectivity index is 1.78. The van der Waals surface area contributed by atoms with Crippen molar-refractivity contribution >= 4 is 15.8 Å². The fraction of sp³-hybridized carbons (Fsp3) is 0.381. The van der Waals surface area contributed by atoms with Crippen molar-refractivity contribution in [3.05, 3.63) is 65.7 Å². The first kappa shape index (κ1) is 18.3. The highest BCUT2D eigenvalue weighted by Gasteiger charge is 2.49. The number of ketones is 1. The number of carbonyl (C=O) groups is 1. The smallest absolute Gasteiger partial charge is 0.245 e.